The summed E-state index contributed by atoms with van der Waals surface area (Å²) in [5, 5.41) is 0. The van der Waals surface area contributed by atoms with Gasteiger partial charge in [0.25, 0.3) is 0 Å². The van der Waals surface area contributed by atoms with Crippen LogP contribution in [0.4, 0.5) is 0 Å². The second-order valence-electron chi connectivity index (χ2n) is 4.75. The van der Waals surface area contributed by atoms with Crippen LogP contribution in [-0.4, -0.2) is 67.9 Å². The second kappa shape index (κ2) is 8.54. The van der Waals surface area contributed by atoms with Crippen LogP contribution in [0.2, 0.25) is 0 Å². The van der Waals surface area contributed by atoms with Gasteiger partial charge in [0.05, 0.1) is 23.0 Å². The largest absolute Gasteiger partial charge is 0.383 e. The highest BCUT2D eigenvalue weighted by atomic mass is 79.9. The van der Waals surface area contributed by atoms with E-state index < -0.39 is 19.9 Å². The maximum absolute atomic E-state index is 12.8. The van der Waals surface area contributed by atoms with Crippen molar-refractivity contribution in [3.8, 4) is 0 Å². The monoisotopic (exact) mass is 429 g/mol. The molecule has 0 spiro atoms. The summed E-state index contributed by atoms with van der Waals surface area (Å²) in [6, 6.07) is 3.92. The van der Waals surface area contributed by atoms with Crippen molar-refractivity contribution < 1.29 is 26.3 Å². The van der Waals surface area contributed by atoms with Crippen molar-refractivity contribution in [2.24, 2.45) is 0 Å². The third-order valence-electron chi connectivity index (χ3n) is 3.04. The molecule has 7 nitrogen and oxygen atoms in total. The average Bonchev–Trinajstić information content (AvgIpc) is 2.46. The molecule has 0 N–H and O–H groups in total. The summed E-state index contributed by atoms with van der Waals surface area (Å²) >= 11 is 3.17. The summed E-state index contributed by atoms with van der Waals surface area (Å²) in [6.45, 7) is 0.703. The van der Waals surface area contributed by atoms with Gasteiger partial charge in [-0.1, -0.05) is 0 Å². The summed E-state index contributed by atoms with van der Waals surface area (Å²) < 4.78 is 60.4. The Morgan fingerprint density at radius 3 is 2.00 bits per heavy atom. The third kappa shape index (κ3) is 5.50. The third-order valence-corrected chi connectivity index (χ3v) is 7.04. The Morgan fingerprint density at radius 1 is 1.04 bits per heavy atom. The molecule has 0 atom stereocenters. The lowest BCUT2D eigenvalue weighted by Crippen LogP contribution is -2.36. The molecule has 10 heteroatoms. The van der Waals surface area contributed by atoms with Crippen LogP contribution in [0.25, 0.3) is 0 Å². The molecule has 132 valence electrons. The Bertz CT molecular complexity index is 725. The molecular weight excluding hydrogens is 410 g/mol. The smallest absolute Gasteiger partial charge is 0.244 e. The molecule has 0 aliphatic carbocycles. The maximum atomic E-state index is 12.8. The van der Waals surface area contributed by atoms with Gasteiger partial charge in [-0.2, -0.15) is 4.31 Å². The molecule has 0 unspecified atom stereocenters. The van der Waals surface area contributed by atoms with E-state index in [4.69, 9.17) is 9.47 Å². The number of hydrogen-bond acceptors (Lipinski definition) is 6. The van der Waals surface area contributed by atoms with Gasteiger partial charge in [-0.3, -0.25) is 0 Å². The highest BCUT2D eigenvalue weighted by Gasteiger charge is 2.27. The lowest BCUT2D eigenvalue weighted by molar-refractivity contribution is 0.150. The van der Waals surface area contributed by atoms with E-state index in [-0.39, 0.29) is 36.1 Å². The van der Waals surface area contributed by atoms with E-state index in [0.717, 1.165) is 12.3 Å². The molecule has 0 saturated heterocycles. The molecule has 0 amide bonds. The highest BCUT2D eigenvalue weighted by molar-refractivity contribution is 9.10. The fraction of sp³-hybridized carbons (Fsp3) is 0.538. The van der Waals surface area contributed by atoms with Gasteiger partial charge >= 0.3 is 0 Å². The number of sulfone groups is 1. The number of sulfonamides is 1. The zero-order chi connectivity index (χ0) is 17.7. The van der Waals surface area contributed by atoms with E-state index in [0.29, 0.717) is 4.47 Å². The normalized spacial score (nSPS) is 12.7. The van der Waals surface area contributed by atoms with Crippen molar-refractivity contribution in [3.05, 3.63) is 22.7 Å². The van der Waals surface area contributed by atoms with Crippen molar-refractivity contribution in [3.63, 3.8) is 0 Å². The van der Waals surface area contributed by atoms with Crippen molar-refractivity contribution in [1.82, 2.24) is 4.31 Å². The molecule has 1 aromatic rings. The van der Waals surface area contributed by atoms with Gasteiger partial charge < -0.3 is 9.47 Å². The van der Waals surface area contributed by atoms with Crippen LogP contribution in [0.5, 0.6) is 0 Å². The van der Waals surface area contributed by atoms with Crippen LogP contribution in [0.1, 0.15) is 0 Å². The molecular formula is C13H20BrNO6S2. The Morgan fingerprint density at radius 2 is 1.57 bits per heavy atom. The molecule has 0 aliphatic rings. The molecule has 0 bridgehead atoms. The van der Waals surface area contributed by atoms with Crippen LogP contribution >= 0.6 is 15.9 Å². The number of benzene rings is 1. The molecule has 0 saturated carbocycles. The first-order valence-electron chi connectivity index (χ1n) is 6.62. The number of methoxy groups -OCH3 is 2. The van der Waals surface area contributed by atoms with E-state index in [1.54, 1.807) is 0 Å². The minimum absolute atomic E-state index is 0.0577. The zero-order valence-corrected chi connectivity index (χ0v) is 16.4. The topological polar surface area (TPSA) is 90.0 Å². The van der Waals surface area contributed by atoms with E-state index in [9.17, 15) is 16.8 Å². The van der Waals surface area contributed by atoms with Gasteiger partial charge in [0.2, 0.25) is 10.0 Å². The number of halogens is 1. The number of hydrogen-bond donors (Lipinski definition) is 0. The summed E-state index contributed by atoms with van der Waals surface area (Å²) in [6.07, 6.45) is 1.03. The van der Waals surface area contributed by atoms with E-state index in [2.05, 4.69) is 15.9 Å². The number of nitrogens with zero attached hydrogens (tertiary/aromatic N) is 1. The van der Waals surface area contributed by atoms with Crippen molar-refractivity contribution in [1.29, 1.82) is 0 Å². The van der Waals surface area contributed by atoms with Crippen LogP contribution in [-0.2, 0) is 29.3 Å². The van der Waals surface area contributed by atoms with E-state index in [1.165, 1.54) is 30.7 Å². The van der Waals surface area contributed by atoms with Gasteiger partial charge in [-0.25, -0.2) is 16.8 Å². The maximum Gasteiger partial charge on any atom is 0.244 e. The number of ether oxygens (including phenoxy) is 2. The van der Waals surface area contributed by atoms with Crippen molar-refractivity contribution >= 4 is 35.8 Å². The molecule has 0 aromatic heterocycles. The first-order chi connectivity index (χ1) is 10.6. The quantitative estimate of drug-likeness (QED) is 0.584. The van der Waals surface area contributed by atoms with Crippen LogP contribution < -0.4 is 0 Å². The minimum Gasteiger partial charge on any atom is -0.383 e. The Balaban J connectivity index is 3.32. The molecule has 0 radical (unpaired) electrons. The zero-order valence-electron chi connectivity index (χ0n) is 13.2. The van der Waals surface area contributed by atoms with Gasteiger partial charge in [0.15, 0.2) is 9.84 Å². The Hall–Kier alpha value is -0.520. The molecule has 0 aliphatic heterocycles. The standard InChI is InChI=1S/C13H20BrNO6S2/c1-20-8-6-15(7-9-21-2)23(18,19)13-10-11(22(3,16)17)4-5-12(13)14/h4-5,10H,6-9H2,1-3H3. The lowest BCUT2D eigenvalue weighted by Gasteiger charge is -2.22. The highest BCUT2D eigenvalue weighted by Crippen LogP contribution is 2.27. The summed E-state index contributed by atoms with van der Waals surface area (Å²) in [7, 11) is -4.47. The number of rotatable bonds is 9. The van der Waals surface area contributed by atoms with Gasteiger partial charge in [0.1, 0.15) is 0 Å². The summed E-state index contributed by atoms with van der Waals surface area (Å²) in [5.74, 6) is 0. The average molecular weight is 430 g/mol. The molecule has 23 heavy (non-hydrogen) atoms. The van der Waals surface area contributed by atoms with E-state index in [1.807, 2.05) is 0 Å². The fourth-order valence-electron chi connectivity index (χ4n) is 1.79. The fourth-order valence-corrected chi connectivity index (χ4v) is 4.87. The van der Waals surface area contributed by atoms with Crippen molar-refractivity contribution in [2.75, 3.05) is 46.8 Å². The van der Waals surface area contributed by atoms with Crippen LogP contribution in [0.3, 0.4) is 0 Å². The second-order valence-corrected chi connectivity index (χ2v) is 9.53. The first-order valence-corrected chi connectivity index (χ1v) is 10.7. The minimum atomic E-state index is -3.90. The first kappa shape index (κ1) is 20.5. The summed E-state index contributed by atoms with van der Waals surface area (Å²) in [5.41, 5.74) is 0. The Kier molecular flexibility index (Phi) is 7.62. The van der Waals surface area contributed by atoms with Gasteiger partial charge in [0, 0.05) is 38.0 Å². The molecule has 1 rings (SSSR count). The Labute approximate surface area is 145 Å². The molecule has 1 aromatic carbocycles. The predicted octanol–water partition coefficient (Wildman–Crippen LogP) is 1.14. The molecule has 0 heterocycles. The van der Waals surface area contributed by atoms with Crippen LogP contribution in [0.15, 0.2) is 32.5 Å². The van der Waals surface area contributed by atoms with Crippen molar-refractivity contribution in [2.45, 2.75) is 9.79 Å². The van der Waals surface area contributed by atoms with E-state index >= 15 is 0 Å². The van der Waals surface area contributed by atoms with Gasteiger partial charge in [-0.15, -0.1) is 0 Å². The predicted molar refractivity (Wildman–Crippen MR) is 89.8 cm³/mol. The molecule has 0 fully saturated rings. The summed E-state index contributed by atoms with van der Waals surface area (Å²) in [4.78, 5) is -0.162. The van der Waals surface area contributed by atoms with Gasteiger partial charge in [-0.05, 0) is 34.1 Å². The lowest BCUT2D eigenvalue weighted by atomic mass is 10.4. The van der Waals surface area contributed by atoms with Crippen LogP contribution in [0, 0.1) is 0 Å². The SMILES string of the molecule is COCCN(CCOC)S(=O)(=O)c1cc(S(C)(=O)=O)ccc1Br.